The Hall–Kier alpha value is -1.13. The van der Waals surface area contributed by atoms with Crippen LogP contribution in [-0.2, 0) is 0 Å². The molecule has 7 heteroatoms. The molecule has 0 unspecified atom stereocenters. The summed E-state index contributed by atoms with van der Waals surface area (Å²) in [6.07, 6.45) is 0. The Kier molecular flexibility index (Phi) is 4.79. The van der Waals surface area contributed by atoms with Crippen LogP contribution >= 0.6 is 34.4 Å². The van der Waals surface area contributed by atoms with Crippen molar-refractivity contribution in [2.45, 2.75) is 39.3 Å². The largest absolute Gasteiger partial charge is 0.172 e. The van der Waals surface area contributed by atoms with Crippen molar-refractivity contribution in [3.63, 3.8) is 0 Å². The van der Waals surface area contributed by atoms with Gasteiger partial charge in [0.2, 0.25) is 0 Å². The van der Waals surface area contributed by atoms with Gasteiger partial charge < -0.3 is 0 Å². The van der Waals surface area contributed by atoms with E-state index in [4.69, 9.17) is 0 Å². The Morgan fingerprint density at radius 1 is 0.593 bits per heavy atom. The normalized spacial score (nSPS) is 12.8. The molecular weight excluding hydrogens is 421 g/mol. The molecule has 4 rings (SSSR count). The SMILES string of the molecule is C[Si](C)(C)c1ccc(-c2ccc(-c3ccc([Si](C)(C)C)s3)c3nsnc23)s1. The molecule has 0 amide bonds. The van der Waals surface area contributed by atoms with Crippen LogP contribution in [0.4, 0.5) is 0 Å². The molecule has 0 atom stereocenters. The van der Waals surface area contributed by atoms with E-state index in [1.807, 2.05) is 22.7 Å². The topological polar surface area (TPSA) is 25.8 Å². The standard InChI is InChI=1S/C20H24N2S3Si2/c1-26(2,3)17-11-9-15(23-17)13-7-8-14(20-19(13)21-25-22-20)16-10-12-18(24-16)27(4,5)6/h7-12H,1-6H3. The predicted molar refractivity (Wildman–Crippen MR) is 130 cm³/mol. The first kappa shape index (κ1) is 19.2. The summed E-state index contributed by atoms with van der Waals surface area (Å²) in [4.78, 5) is 2.62. The van der Waals surface area contributed by atoms with Gasteiger partial charge in [-0.2, -0.15) is 8.75 Å². The van der Waals surface area contributed by atoms with Crippen LogP contribution in [0.1, 0.15) is 0 Å². The molecule has 0 saturated carbocycles. The third kappa shape index (κ3) is 3.63. The molecule has 1 aromatic carbocycles. The van der Waals surface area contributed by atoms with Gasteiger partial charge >= 0.3 is 0 Å². The molecule has 0 bridgehead atoms. The second-order valence-electron chi connectivity index (χ2n) is 8.95. The van der Waals surface area contributed by atoms with Crippen LogP contribution in [0.5, 0.6) is 0 Å². The molecular formula is C20H24N2S3Si2. The van der Waals surface area contributed by atoms with Gasteiger partial charge in [-0.15, -0.1) is 22.7 Å². The van der Waals surface area contributed by atoms with E-state index in [-0.39, 0.29) is 0 Å². The van der Waals surface area contributed by atoms with Crippen molar-refractivity contribution in [2.24, 2.45) is 0 Å². The van der Waals surface area contributed by atoms with Gasteiger partial charge in [0.15, 0.2) is 0 Å². The number of benzene rings is 1. The Bertz CT molecular complexity index is 1020. The third-order valence-corrected chi connectivity index (χ3v) is 14.6. The predicted octanol–water partition coefficient (Wildman–Crippen LogP) is 6.24. The molecule has 27 heavy (non-hydrogen) atoms. The average Bonchev–Trinajstić information content (AvgIpc) is 3.31. The van der Waals surface area contributed by atoms with Gasteiger partial charge in [0.05, 0.1) is 27.9 Å². The zero-order valence-electron chi connectivity index (χ0n) is 16.6. The highest BCUT2D eigenvalue weighted by atomic mass is 32.1. The van der Waals surface area contributed by atoms with Gasteiger partial charge in [0.1, 0.15) is 11.0 Å². The maximum atomic E-state index is 4.67. The van der Waals surface area contributed by atoms with Gasteiger partial charge in [-0.05, 0) is 21.1 Å². The molecule has 4 aromatic rings. The van der Waals surface area contributed by atoms with E-state index < -0.39 is 16.1 Å². The number of nitrogens with zero attached hydrogens (tertiary/aromatic N) is 2. The average molecular weight is 445 g/mol. The van der Waals surface area contributed by atoms with Crippen molar-refractivity contribution in [3.05, 3.63) is 36.4 Å². The summed E-state index contributed by atoms with van der Waals surface area (Å²) in [6.45, 7) is 14.4. The minimum absolute atomic E-state index is 1.05. The van der Waals surface area contributed by atoms with Crippen molar-refractivity contribution in [1.29, 1.82) is 0 Å². The molecule has 0 N–H and O–H groups in total. The molecule has 0 fully saturated rings. The van der Waals surface area contributed by atoms with Crippen LogP contribution < -0.4 is 9.00 Å². The van der Waals surface area contributed by atoms with Crippen LogP contribution in [0.15, 0.2) is 36.4 Å². The Morgan fingerprint density at radius 3 is 1.33 bits per heavy atom. The van der Waals surface area contributed by atoms with Gasteiger partial charge in [-0.1, -0.05) is 63.5 Å². The smallest absolute Gasteiger partial charge is 0.114 e. The maximum absolute atomic E-state index is 4.67. The molecule has 0 saturated heterocycles. The Labute approximate surface area is 175 Å². The van der Waals surface area contributed by atoms with Crippen molar-refractivity contribution >= 4 is 70.6 Å². The number of hydrogen-bond acceptors (Lipinski definition) is 5. The van der Waals surface area contributed by atoms with Gasteiger partial charge in [-0.25, -0.2) is 0 Å². The summed E-state index contributed by atoms with van der Waals surface area (Å²) in [7, 11) is -2.57. The van der Waals surface area contributed by atoms with Crippen molar-refractivity contribution < 1.29 is 0 Å². The van der Waals surface area contributed by atoms with Crippen LogP contribution in [0.3, 0.4) is 0 Å². The van der Waals surface area contributed by atoms with Crippen molar-refractivity contribution in [3.8, 4) is 20.9 Å². The lowest BCUT2D eigenvalue weighted by Crippen LogP contribution is -2.34. The van der Waals surface area contributed by atoms with E-state index in [9.17, 15) is 0 Å². The molecule has 0 aliphatic rings. The molecule has 2 nitrogen and oxygen atoms in total. The Balaban J connectivity index is 1.82. The first-order valence-corrected chi connectivity index (χ1v) is 18.5. The van der Waals surface area contributed by atoms with Crippen LogP contribution in [-0.4, -0.2) is 24.9 Å². The fourth-order valence-corrected chi connectivity index (χ4v) is 9.45. The summed E-state index contributed by atoms with van der Waals surface area (Å²) in [5.41, 5.74) is 4.53. The number of hydrogen-bond donors (Lipinski definition) is 0. The van der Waals surface area contributed by atoms with Crippen LogP contribution in [0.2, 0.25) is 39.3 Å². The molecule has 3 aromatic heterocycles. The molecule has 3 heterocycles. The van der Waals surface area contributed by atoms with E-state index in [0.717, 1.165) is 11.0 Å². The van der Waals surface area contributed by atoms with E-state index >= 15 is 0 Å². The first-order chi connectivity index (χ1) is 12.6. The van der Waals surface area contributed by atoms with E-state index in [2.05, 4.69) is 84.4 Å². The minimum atomic E-state index is -1.28. The van der Waals surface area contributed by atoms with E-state index in [1.54, 1.807) is 0 Å². The fraction of sp³-hybridized carbons (Fsp3) is 0.300. The number of rotatable bonds is 4. The highest BCUT2D eigenvalue weighted by Gasteiger charge is 2.22. The summed E-state index contributed by atoms with van der Waals surface area (Å²) in [5.74, 6) is 0. The highest BCUT2D eigenvalue weighted by molar-refractivity contribution is 7.29. The quantitative estimate of drug-likeness (QED) is 0.348. The summed E-state index contributed by atoms with van der Waals surface area (Å²) in [6, 6.07) is 13.6. The van der Waals surface area contributed by atoms with Crippen molar-refractivity contribution in [2.75, 3.05) is 0 Å². The lowest BCUT2D eigenvalue weighted by molar-refractivity contribution is 1.63. The zero-order chi connectivity index (χ0) is 19.4. The Morgan fingerprint density at radius 2 is 1.00 bits per heavy atom. The maximum Gasteiger partial charge on any atom is 0.114 e. The van der Waals surface area contributed by atoms with Crippen LogP contribution in [0.25, 0.3) is 31.9 Å². The number of thiophene rings is 2. The number of aromatic nitrogens is 2. The lowest BCUT2D eigenvalue weighted by Gasteiger charge is -2.12. The number of fused-ring (bicyclic) bond motifs is 1. The molecule has 0 radical (unpaired) electrons. The van der Waals surface area contributed by atoms with Gasteiger partial charge in [-0.3, -0.25) is 0 Å². The third-order valence-electron chi connectivity index (χ3n) is 4.64. The summed E-state index contributed by atoms with van der Waals surface area (Å²) >= 11 is 5.18. The second-order valence-corrected chi connectivity index (χ2v) is 22.4. The van der Waals surface area contributed by atoms with E-state index in [0.29, 0.717) is 0 Å². The highest BCUT2D eigenvalue weighted by Crippen LogP contribution is 2.37. The lowest BCUT2D eigenvalue weighted by atomic mass is 10.1. The van der Waals surface area contributed by atoms with E-state index in [1.165, 1.54) is 41.6 Å². The first-order valence-electron chi connectivity index (χ1n) is 9.11. The monoisotopic (exact) mass is 444 g/mol. The fourth-order valence-electron chi connectivity index (χ4n) is 3.04. The molecule has 0 aliphatic heterocycles. The molecule has 0 aliphatic carbocycles. The summed E-state index contributed by atoms with van der Waals surface area (Å²) < 4.78 is 12.4. The minimum Gasteiger partial charge on any atom is -0.172 e. The second kappa shape index (κ2) is 6.74. The van der Waals surface area contributed by atoms with Gasteiger partial charge in [0.25, 0.3) is 0 Å². The molecule has 0 spiro atoms. The van der Waals surface area contributed by atoms with Crippen LogP contribution in [0, 0.1) is 0 Å². The van der Waals surface area contributed by atoms with Crippen molar-refractivity contribution in [1.82, 2.24) is 8.75 Å². The zero-order valence-corrected chi connectivity index (χ0v) is 21.0. The molecule has 140 valence electrons. The van der Waals surface area contributed by atoms with Gasteiger partial charge in [0, 0.05) is 20.9 Å². The summed E-state index contributed by atoms with van der Waals surface area (Å²) in [5, 5.41) is 0.